The maximum atomic E-state index is 11.9. The number of hydrogen-bond acceptors (Lipinski definition) is 4. The van der Waals surface area contributed by atoms with Gasteiger partial charge in [0.15, 0.2) is 0 Å². The first kappa shape index (κ1) is 12.7. The minimum atomic E-state index is -0.00856. The molecule has 2 heterocycles. The van der Waals surface area contributed by atoms with Crippen LogP contribution in [0.1, 0.15) is 5.69 Å². The molecule has 0 saturated carbocycles. The highest BCUT2D eigenvalue weighted by atomic mass is 79.9. The fraction of sp³-hybridized carbons (Fsp3) is 0.636. The average molecular weight is 302 g/mol. The molecule has 17 heavy (non-hydrogen) atoms. The van der Waals surface area contributed by atoms with Crippen molar-refractivity contribution in [1.82, 2.24) is 14.5 Å². The van der Waals surface area contributed by atoms with Crippen LogP contribution in [0.25, 0.3) is 0 Å². The van der Waals surface area contributed by atoms with Crippen molar-refractivity contribution in [2.75, 3.05) is 32.8 Å². The van der Waals surface area contributed by atoms with Gasteiger partial charge in [-0.1, -0.05) is 0 Å². The Kier molecular flexibility index (Phi) is 4.31. The van der Waals surface area contributed by atoms with Crippen LogP contribution < -0.4 is 5.56 Å². The van der Waals surface area contributed by atoms with Crippen molar-refractivity contribution in [1.29, 1.82) is 0 Å². The van der Waals surface area contributed by atoms with Gasteiger partial charge in [-0.3, -0.25) is 14.3 Å². The molecule has 0 atom stereocenters. The summed E-state index contributed by atoms with van der Waals surface area (Å²) in [6.45, 7) is 6.79. The third-order valence-electron chi connectivity index (χ3n) is 2.92. The second kappa shape index (κ2) is 5.75. The van der Waals surface area contributed by atoms with Crippen LogP contribution >= 0.6 is 15.9 Å². The maximum absolute atomic E-state index is 11.9. The van der Waals surface area contributed by atoms with Gasteiger partial charge in [-0.05, 0) is 22.9 Å². The molecule has 0 amide bonds. The second-order valence-electron chi connectivity index (χ2n) is 4.10. The first-order valence-corrected chi connectivity index (χ1v) is 6.49. The molecule has 0 aliphatic carbocycles. The monoisotopic (exact) mass is 301 g/mol. The number of aromatic nitrogens is 2. The lowest BCUT2D eigenvalue weighted by Crippen LogP contribution is -2.39. The lowest BCUT2D eigenvalue weighted by atomic mass is 10.4. The Balaban J connectivity index is 1.99. The quantitative estimate of drug-likeness (QED) is 0.822. The van der Waals surface area contributed by atoms with Crippen LogP contribution in [0.2, 0.25) is 0 Å². The summed E-state index contributed by atoms with van der Waals surface area (Å²) < 4.78 is 7.48. The number of ether oxygens (including phenoxy) is 1. The van der Waals surface area contributed by atoms with Gasteiger partial charge in [-0.25, -0.2) is 4.98 Å². The Morgan fingerprint density at radius 3 is 2.82 bits per heavy atom. The molecule has 0 aromatic carbocycles. The van der Waals surface area contributed by atoms with Crippen molar-refractivity contribution >= 4 is 15.9 Å². The topological polar surface area (TPSA) is 47.4 Å². The van der Waals surface area contributed by atoms with Gasteiger partial charge in [-0.2, -0.15) is 0 Å². The molecular weight excluding hydrogens is 286 g/mol. The molecular formula is C11H16BrN3O2. The van der Waals surface area contributed by atoms with E-state index < -0.39 is 0 Å². The number of hydrogen-bond donors (Lipinski definition) is 0. The average Bonchev–Trinajstić information content (AvgIpc) is 2.36. The Morgan fingerprint density at radius 1 is 1.41 bits per heavy atom. The summed E-state index contributed by atoms with van der Waals surface area (Å²) in [5.41, 5.74) is 0.725. The molecule has 1 aliphatic heterocycles. The van der Waals surface area contributed by atoms with E-state index in [9.17, 15) is 4.79 Å². The van der Waals surface area contributed by atoms with Crippen LogP contribution in [0.4, 0.5) is 0 Å². The largest absolute Gasteiger partial charge is 0.379 e. The number of halogens is 1. The summed E-state index contributed by atoms with van der Waals surface area (Å²) in [7, 11) is 0. The van der Waals surface area contributed by atoms with E-state index in [0.29, 0.717) is 11.0 Å². The van der Waals surface area contributed by atoms with Crippen LogP contribution in [0.5, 0.6) is 0 Å². The molecule has 1 fully saturated rings. The smallest absolute Gasteiger partial charge is 0.267 e. The lowest BCUT2D eigenvalue weighted by Gasteiger charge is -2.26. The van der Waals surface area contributed by atoms with Crippen LogP contribution in [0.3, 0.4) is 0 Å². The zero-order valence-corrected chi connectivity index (χ0v) is 11.4. The third-order valence-corrected chi connectivity index (χ3v) is 3.83. The van der Waals surface area contributed by atoms with Gasteiger partial charge in [0.2, 0.25) is 0 Å². The third kappa shape index (κ3) is 3.14. The standard InChI is InChI=1S/C11H16BrN3O2/c1-9-10(12)11(16)15(8-13-9)3-2-14-4-6-17-7-5-14/h8H,2-7H2,1H3. The van der Waals surface area contributed by atoms with E-state index in [1.807, 2.05) is 6.92 Å². The van der Waals surface area contributed by atoms with Gasteiger partial charge in [0.05, 0.1) is 25.2 Å². The Hall–Kier alpha value is -0.720. The molecule has 0 spiro atoms. The first-order chi connectivity index (χ1) is 8.18. The van der Waals surface area contributed by atoms with E-state index in [-0.39, 0.29) is 5.56 Å². The molecule has 0 N–H and O–H groups in total. The normalized spacial score (nSPS) is 17.3. The fourth-order valence-electron chi connectivity index (χ4n) is 1.78. The summed E-state index contributed by atoms with van der Waals surface area (Å²) >= 11 is 3.27. The van der Waals surface area contributed by atoms with Gasteiger partial charge >= 0.3 is 0 Å². The van der Waals surface area contributed by atoms with E-state index in [0.717, 1.165) is 38.5 Å². The number of nitrogens with zero attached hydrogens (tertiary/aromatic N) is 3. The van der Waals surface area contributed by atoms with Gasteiger partial charge in [-0.15, -0.1) is 0 Å². The highest BCUT2D eigenvalue weighted by Gasteiger charge is 2.11. The van der Waals surface area contributed by atoms with Gasteiger partial charge in [0.25, 0.3) is 5.56 Å². The Morgan fingerprint density at radius 2 is 2.12 bits per heavy atom. The van der Waals surface area contributed by atoms with Gasteiger partial charge in [0, 0.05) is 26.2 Å². The van der Waals surface area contributed by atoms with E-state index in [1.54, 1.807) is 10.9 Å². The number of aryl methyl sites for hydroxylation is 1. The van der Waals surface area contributed by atoms with Crippen molar-refractivity contribution in [2.45, 2.75) is 13.5 Å². The van der Waals surface area contributed by atoms with Crippen molar-refractivity contribution < 1.29 is 4.74 Å². The molecule has 1 aromatic rings. The highest BCUT2D eigenvalue weighted by Crippen LogP contribution is 2.06. The summed E-state index contributed by atoms with van der Waals surface area (Å²) in [4.78, 5) is 18.4. The predicted octanol–water partition coefficient (Wildman–Crippen LogP) is 0.646. The molecule has 1 aliphatic rings. The number of rotatable bonds is 3. The minimum Gasteiger partial charge on any atom is -0.379 e. The predicted molar refractivity (Wildman–Crippen MR) is 68.2 cm³/mol. The molecule has 0 unspecified atom stereocenters. The molecule has 0 radical (unpaired) electrons. The van der Waals surface area contributed by atoms with Gasteiger partial charge < -0.3 is 4.74 Å². The van der Waals surface area contributed by atoms with Crippen molar-refractivity contribution in [3.63, 3.8) is 0 Å². The summed E-state index contributed by atoms with van der Waals surface area (Å²) in [6.07, 6.45) is 1.61. The summed E-state index contributed by atoms with van der Waals surface area (Å²) in [6, 6.07) is 0. The Bertz CT molecular complexity index is 441. The summed E-state index contributed by atoms with van der Waals surface area (Å²) in [5, 5.41) is 0. The molecule has 6 heteroatoms. The second-order valence-corrected chi connectivity index (χ2v) is 4.89. The Labute approximate surface area is 109 Å². The molecule has 1 saturated heterocycles. The van der Waals surface area contributed by atoms with Crippen LogP contribution in [-0.4, -0.2) is 47.3 Å². The zero-order chi connectivity index (χ0) is 12.3. The zero-order valence-electron chi connectivity index (χ0n) is 9.86. The van der Waals surface area contributed by atoms with E-state index >= 15 is 0 Å². The van der Waals surface area contributed by atoms with E-state index in [1.165, 1.54) is 0 Å². The van der Waals surface area contributed by atoms with Crippen LogP contribution in [-0.2, 0) is 11.3 Å². The minimum absolute atomic E-state index is 0.00856. The van der Waals surface area contributed by atoms with E-state index in [4.69, 9.17) is 4.74 Å². The lowest BCUT2D eigenvalue weighted by molar-refractivity contribution is 0.0362. The molecule has 5 nitrogen and oxygen atoms in total. The maximum Gasteiger partial charge on any atom is 0.267 e. The molecule has 94 valence electrons. The van der Waals surface area contributed by atoms with Gasteiger partial charge in [0.1, 0.15) is 4.47 Å². The molecule has 0 bridgehead atoms. The fourth-order valence-corrected chi connectivity index (χ4v) is 2.11. The SMILES string of the molecule is Cc1ncn(CCN2CCOCC2)c(=O)c1Br. The first-order valence-electron chi connectivity index (χ1n) is 5.70. The van der Waals surface area contributed by atoms with E-state index in [2.05, 4.69) is 25.8 Å². The van der Waals surface area contributed by atoms with Crippen molar-refractivity contribution in [3.05, 3.63) is 26.8 Å². The summed E-state index contributed by atoms with van der Waals surface area (Å²) in [5.74, 6) is 0. The molecule has 2 rings (SSSR count). The number of morpholine rings is 1. The van der Waals surface area contributed by atoms with Crippen LogP contribution in [0, 0.1) is 6.92 Å². The van der Waals surface area contributed by atoms with Crippen molar-refractivity contribution in [2.24, 2.45) is 0 Å². The van der Waals surface area contributed by atoms with Crippen LogP contribution in [0.15, 0.2) is 15.6 Å². The highest BCUT2D eigenvalue weighted by molar-refractivity contribution is 9.10. The van der Waals surface area contributed by atoms with Crippen molar-refractivity contribution in [3.8, 4) is 0 Å². The molecule has 1 aromatic heterocycles.